The molecule has 0 aliphatic rings. The largest absolute Gasteiger partial charge is 0.444 e. The summed E-state index contributed by atoms with van der Waals surface area (Å²) in [5.41, 5.74) is -1.04. The molecule has 0 bridgehead atoms. The summed E-state index contributed by atoms with van der Waals surface area (Å²) >= 11 is 0. The van der Waals surface area contributed by atoms with Crippen LogP contribution >= 0.6 is 0 Å². The van der Waals surface area contributed by atoms with Gasteiger partial charge in [-0.1, -0.05) is 0 Å². The fourth-order valence-electron chi connectivity index (χ4n) is 1.33. The summed E-state index contributed by atoms with van der Waals surface area (Å²) in [5.74, 6) is 0. The van der Waals surface area contributed by atoms with Crippen molar-refractivity contribution in [3.8, 4) is 0 Å². The highest BCUT2D eigenvalue weighted by Crippen LogP contribution is 2.19. The molecule has 0 aromatic heterocycles. The van der Waals surface area contributed by atoms with Gasteiger partial charge in [-0.05, 0) is 34.6 Å². The number of hydrogen-bond donors (Lipinski definition) is 0. The van der Waals surface area contributed by atoms with Crippen molar-refractivity contribution in [3.63, 3.8) is 0 Å². The van der Waals surface area contributed by atoms with Gasteiger partial charge < -0.3 is 19.2 Å². The van der Waals surface area contributed by atoms with Crippen LogP contribution in [-0.2, 0) is 14.3 Å². The number of rotatable bonds is 5. The molecule has 106 valence electrons. The van der Waals surface area contributed by atoms with Gasteiger partial charge in [0.1, 0.15) is 11.9 Å². The molecule has 1 atom stereocenters. The Morgan fingerprint density at radius 1 is 1.28 bits per heavy atom. The van der Waals surface area contributed by atoms with Crippen molar-refractivity contribution in [1.29, 1.82) is 0 Å². The summed E-state index contributed by atoms with van der Waals surface area (Å²) in [7, 11) is 3.13. The Bertz CT molecular complexity index is 294. The highest BCUT2D eigenvalue weighted by molar-refractivity contribution is 5.73. The SMILES string of the molecule is COC(C)(C)CC(C=O)N(C)C(=O)OC(C)(C)C. The van der Waals surface area contributed by atoms with Crippen molar-refractivity contribution >= 4 is 12.4 Å². The minimum Gasteiger partial charge on any atom is -0.444 e. The van der Waals surface area contributed by atoms with E-state index in [1.165, 1.54) is 4.90 Å². The Balaban J connectivity index is 4.67. The molecule has 0 spiro atoms. The summed E-state index contributed by atoms with van der Waals surface area (Å²) in [6, 6.07) is -0.560. The second-order valence-corrected chi connectivity index (χ2v) is 5.96. The Morgan fingerprint density at radius 3 is 2.11 bits per heavy atom. The van der Waals surface area contributed by atoms with Crippen LogP contribution in [0.25, 0.3) is 0 Å². The molecule has 18 heavy (non-hydrogen) atoms. The average molecular weight is 259 g/mol. The van der Waals surface area contributed by atoms with Crippen molar-refractivity contribution in [1.82, 2.24) is 4.90 Å². The number of methoxy groups -OCH3 is 1. The molecule has 0 saturated heterocycles. The maximum atomic E-state index is 11.8. The maximum Gasteiger partial charge on any atom is 0.410 e. The molecule has 0 aliphatic carbocycles. The molecular formula is C13H25NO4. The van der Waals surface area contributed by atoms with Gasteiger partial charge in [0.15, 0.2) is 0 Å². The lowest BCUT2D eigenvalue weighted by Gasteiger charge is -2.32. The van der Waals surface area contributed by atoms with Gasteiger partial charge in [0, 0.05) is 20.6 Å². The van der Waals surface area contributed by atoms with Crippen LogP contribution in [-0.4, -0.2) is 48.7 Å². The summed E-state index contributed by atoms with van der Waals surface area (Å²) < 4.78 is 10.5. The number of ether oxygens (including phenoxy) is 2. The van der Waals surface area contributed by atoms with Crippen molar-refractivity contribution in [2.45, 2.75) is 58.3 Å². The van der Waals surface area contributed by atoms with Crippen molar-refractivity contribution < 1.29 is 19.1 Å². The fraction of sp³-hybridized carbons (Fsp3) is 0.846. The van der Waals surface area contributed by atoms with Gasteiger partial charge in [-0.15, -0.1) is 0 Å². The average Bonchev–Trinajstić information content (AvgIpc) is 2.22. The Hall–Kier alpha value is -1.10. The molecule has 0 saturated carbocycles. The summed E-state index contributed by atoms with van der Waals surface area (Å²) in [5, 5.41) is 0. The molecule has 0 aromatic rings. The number of nitrogens with zero attached hydrogens (tertiary/aromatic N) is 1. The van der Waals surface area contributed by atoms with Crippen LogP contribution in [0.4, 0.5) is 4.79 Å². The normalized spacial score (nSPS) is 13.9. The number of carbonyl (C=O) groups is 2. The highest BCUT2D eigenvalue weighted by Gasteiger charge is 2.30. The maximum absolute atomic E-state index is 11.8. The predicted molar refractivity (Wildman–Crippen MR) is 69.6 cm³/mol. The molecule has 1 amide bonds. The Morgan fingerprint density at radius 2 is 1.78 bits per heavy atom. The Kier molecular flexibility index (Phi) is 5.80. The van der Waals surface area contributed by atoms with Gasteiger partial charge in [0.2, 0.25) is 0 Å². The second-order valence-electron chi connectivity index (χ2n) is 5.96. The molecule has 1 unspecified atom stereocenters. The van der Waals surface area contributed by atoms with Crippen molar-refractivity contribution in [2.24, 2.45) is 0 Å². The fourth-order valence-corrected chi connectivity index (χ4v) is 1.33. The zero-order valence-corrected chi connectivity index (χ0v) is 12.4. The van der Waals surface area contributed by atoms with E-state index in [2.05, 4.69) is 0 Å². The topological polar surface area (TPSA) is 55.8 Å². The third kappa shape index (κ3) is 6.00. The first-order chi connectivity index (χ1) is 8.02. The van der Waals surface area contributed by atoms with Gasteiger partial charge in [-0.3, -0.25) is 0 Å². The van der Waals surface area contributed by atoms with E-state index in [4.69, 9.17) is 9.47 Å². The second kappa shape index (κ2) is 6.18. The first-order valence-electron chi connectivity index (χ1n) is 5.98. The van der Waals surface area contributed by atoms with Crippen LogP contribution in [0.2, 0.25) is 0 Å². The zero-order valence-electron chi connectivity index (χ0n) is 12.4. The first-order valence-corrected chi connectivity index (χ1v) is 5.98. The Labute approximate surface area is 109 Å². The molecule has 0 aliphatic heterocycles. The molecule has 5 nitrogen and oxygen atoms in total. The lowest BCUT2D eigenvalue weighted by atomic mass is 9.99. The van der Waals surface area contributed by atoms with Crippen molar-refractivity contribution in [3.05, 3.63) is 0 Å². The molecular weight excluding hydrogens is 234 g/mol. The van der Waals surface area contributed by atoms with Crippen LogP contribution in [0.15, 0.2) is 0 Å². The standard InChI is InChI=1S/C13H25NO4/c1-12(2,3)18-11(16)14(6)10(9-15)8-13(4,5)17-7/h9-10H,8H2,1-7H3. The minimum absolute atomic E-state index is 0.419. The number of amides is 1. The van der Waals surface area contributed by atoms with E-state index in [9.17, 15) is 9.59 Å². The molecule has 0 rings (SSSR count). The summed E-state index contributed by atoms with van der Waals surface area (Å²) in [6.45, 7) is 9.09. The molecule has 0 heterocycles. The van der Waals surface area contributed by atoms with E-state index in [-0.39, 0.29) is 0 Å². The van der Waals surface area contributed by atoms with Crippen LogP contribution in [0.1, 0.15) is 41.0 Å². The summed E-state index contributed by atoms with van der Waals surface area (Å²) in [4.78, 5) is 24.2. The van der Waals surface area contributed by atoms with E-state index < -0.39 is 23.3 Å². The molecule has 5 heteroatoms. The van der Waals surface area contributed by atoms with Crippen LogP contribution in [0, 0.1) is 0 Å². The quantitative estimate of drug-likeness (QED) is 0.710. The molecule has 0 N–H and O–H groups in total. The monoisotopic (exact) mass is 259 g/mol. The minimum atomic E-state index is -0.574. The van der Waals surface area contributed by atoms with Crippen LogP contribution in [0.5, 0.6) is 0 Å². The zero-order chi connectivity index (χ0) is 14.6. The lowest BCUT2D eigenvalue weighted by molar-refractivity contribution is -0.114. The number of likely N-dealkylation sites (N-methyl/N-ethyl adjacent to an activating group) is 1. The van der Waals surface area contributed by atoms with Gasteiger partial charge in [0.05, 0.1) is 11.6 Å². The van der Waals surface area contributed by atoms with Crippen LogP contribution < -0.4 is 0 Å². The lowest BCUT2D eigenvalue weighted by Crippen LogP contribution is -2.45. The first kappa shape index (κ1) is 16.9. The van der Waals surface area contributed by atoms with E-state index >= 15 is 0 Å². The third-order valence-electron chi connectivity index (χ3n) is 2.59. The predicted octanol–water partition coefficient (Wildman–Crippen LogP) is 2.24. The van der Waals surface area contributed by atoms with Gasteiger partial charge in [0.25, 0.3) is 0 Å². The number of carbonyl (C=O) groups excluding carboxylic acids is 2. The molecule has 0 aromatic carbocycles. The highest BCUT2D eigenvalue weighted by atomic mass is 16.6. The van der Waals surface area contributed by atoms with E-state index in [0.29, 0.717) is 6.42 Å². The van der Waals surface area contributed by atoms with E-state index in [1.807, 2.05) is 13.8 Å². The smallest absolute Gasteiger partial charge is 0.410 e. The van der Waals surface area contributed by atoms with Crippen LogP contribution in [0.3, 0.4) is 0 Å². The third-order valence-corrected chi connectivity index (χ3v) is 2.59. The van der Waals surface area contributed by atoms with Crippen molar-refractivity contribution in [2.75, 3.05) is 14.2 Å². The van der Waals surface area contributed by atoms with Gasteiger partial charge in [-0.25, -0.2) is 4.79 Å². The number of aldehydes is 1. The van der Waals surface area contributed by atoms with E-state index in [0.717, 1.165) is 6.29 Å². The van der Waals surface area contributed by atoms with Gasteiger partial charge >= 0.3 is 6.09 Å². The molecule has 0 fully saturated rings. The van der Waals surface area contributed by atoms with Gasteiger partial charge in [-0.2, -0.15) is 0 Å². The molecule has 0 radical (unpaired) electrons. The number of hydrogen-bond acceptors (Lipinski definition) is 4. The summed E-state index contributed by atoms with van der Waals surface area (Å²) in [6.07, 6.45) is 0.652. The van der Waals surface area contributed by atoms with E-state index in [1.54, 1.807) is 34.9 Å².